The zero-order chi connectivity index (χ0) is 13.6. The lowest BCUT2D eigenvalue weighted by Gasteiger charge is -2.25. The van der Waals surface area contributed by atoms with Crippen LogP contribution in [0.15, 0.2) is 0 Å². The van der Waals surface area contributed by atoms with Crippen molar-refractivity contribution in [2.24, 2.45) is 0 Å². The zero-order valence-electron chi connectivity index (χ0n) is 12.1. The normalized spacial score (nSPS) is 14.9. The summed E-state index contributed by atoms with van der Waals surface area (Å²) in [5.41, 5.74) is 1.57. The lowest BCUT2D eigenvalue weighted by Crippen LogP contribution is -2.30. The fourth-order valence-electron chi connectivity index (χ4n) is 2.60. The number of fused-ring (bicyclic) bond motifs is 3. The van der Waals surface area contributed by atoms with Crippen molar-refractivity contribution in [3.63, 3.8) is 0 Å². The third-order valence-electron chi connectivity index (χ3n) is 4.02. The lowest BCUT2D eigenvalue weighted by molar-refractivity contribution is 0.545. The Hall–Kier alpha value is -1.16. The molecule has 0 spiro atoms. The summed E-state index contributed by atoms with van der Waals surface area (Å²) < 4.78 is 0. The molecule has 4 heteroatoms. The van der Waals surface area contributed by atoms with E-state index in [4.69, 9.17) is 0 Å². The molecular weight excluding hydrogens is 254 g/mol. The van der Waals surface area contributed by atoms with Crippen LogP contribution >= 0.6 is 11.3 Å². The summed E-state index contributed by atoms with van der Waals surface area (Å²) in [6, 6.07) is 0. The van der Waals surface area contributed by atoms with E-state index in [1.807, 2.05) is 18.3 Å². The molecule has 2 heterocycles. The molecule has 1 aliphatic carbocycles. The maximum absolute atomic E-state index is 4.67. The molecular formula is C15H21N3S. The molecule has 0 unspecified atom stereocenters. The van der Waals surface area contributed by atoms with E-state index in [1.54, 1.807) is 0 Å². The highest BCUT2D eigenvalue weighted by Crippen LogP contribution is 2.40. The predicted octanol–water partition coefficient (Wildman–Crippen LogP) is 4.09. The van der Waals surface area contributed by atoms with Crippen LogP contribution in [0.4, 0.5) is 5.82 Å². The van der Waals surface area contributed by atoms with Gasteiger partial charge in [0.05, 0.1) is 5.39 Å². The van der Waals surface area contributed by atoms with Crippen LogP contribution in [0.3, 0.4) is 0 Å². The van der Waals surface area contributed by atoms with Crippen molar-refractivity contribution in [1.29, 1.82) is 0 Å². The van der Waals surface area contributed by atoms with E-state index in [0.717, 1.165) is 22.9 Å². The highest BCUT2D eigenvalue weighted by atomic mass is 32.1. The number of hydrogen-bond donors (Lipinski definition) is 1. The van der Waals surface area contributed by atoms with Crippen molar-refractivity contribution in [1.82, 2.24) is 9.97 Å². The average molecular weight is 275 g/mol. The number of anilines is 1. The Balaban J connectivity index is 2.17. The van der Waals surface area contributed by atoms with Gasteiger partial charge in [-0.25, -0.2) is 9.97 Å². The van der Waals surface area contributed by atoms with E-state index < -0.39 is 0 Å². The molecule has 0 aliphatic heterocycles. The number of hydrogen-bond acceptors (Lipinski definition) is 4. The minimum Gasteiger partial charge on any atom is -0.365 e. The van der Waals surface area contributed by atoms with Crippen molar-refractivity contribution in [2.75, 3.05) is 5.32 Å². The van der Waals surface area contributed by atoms with Gasteiger partial charge in [-0.15, -0.1) is 11.3 Å². The van der Waals surface area contributed by atoms with Crippen LogP contribution in [0, 0.1) is 6.92 Å². The van der Waals surface area contributed by atoms with Gasteiger partial charge in [0, 0.05) is 10.4 Å². The van der Waals surface area contributed by atoms with Crippen LogP contribution < -0.4 is 5.32 Å². The van der Waals surface area contributed by atoms with Crippen LogP contribution in [0.1, 0.15) is 49.9 Å². The molecule has 3 rings (SSSR count). The van der Waals surface area contributed by atoms with Gasteiger partial charge in [0.2, 0.25) is 0 Å². The summed E-state index contributed by atoms with van der Waals surface area (Å²) in [6.45, 7) is 8.64. The molecule has 0 amide bonds. The van der Waals surface area contributed by atoms with E-state index >= 15 is 0 Å². The van der Waals surface area contributed by atoms with E-state index in [-0.39, 0.29) is 5.54 Å². The number of aromatic nitrogens is 2. The number of thiophene rings is 1. The second kappa shape index (κ2) is 4.44. The Labute approximate surface area is 118 Å². The Bertz CT molecular complexity index is 628. The third-order valence-corrected chi connectivity index (χ3v) is 5.20. The zero-order valence-corrected chi connectivity index (χ0v) is 12.9. The van der Waals surface area contributed by atoms with E-state index in [2.05, 4.69) is 36.1 Å². The molecule has 0 bridgehead atoms. The Morgan fingerprint density at radius 2 is 2.05 bits per heavy atom. The van der Waals surface area contributed by atoms with Gasteiger partial charge in [0.15, 0.2) is 0 Å². The van der Waals surface area contributed by atoms with E-state index in [0.29, 0.717) is 0 Å². The van der Waals surface area contributed by atoms with Gasteiger partial charge in [-0.05, 0) is 52.0 Å². The monoisotopic (exact) mass is 275 g/mol. The van der Waals surface area contributed by atoms with Gasteiger partial charge < -0.3 is 5.32 Å². The SMILES string of the molecule is CCC(C)(C)Nc1nc(C)nc2sc3c(c12)CCC3. The summed E-state index contributed by atoms with van der Waals surface area (Å²) >= 11 is 1.86. The fourth-order valence-corrected chi connectivity index (χ4v) is 3.91. The minimum absolute atomic E-state index is 0.0706. The summed E-state index contributed by atoms with van der Waals surface area (Å²) in [4.78, 5) is 12.0. The van der Waals surface area contributed by atoms with Crippen molar-refractivity contribution in [2.45, 2.75) is 58.9 Å². The van der Waals surface area contributed by atoms with Crippen LogP contribution in [0.25, 0.3) is 10.2 Å². The second-order valence-corrected chi connectivity index (χ2v) is 7.10. The predicted molar refractivity (Wildman–Crippen MR) is 82.2 cm³/mol. The Morgan fingerprint density at radius 3 is 2.79 bits per heavy atom. The maximum Gasteiger partial charge on any atom is 0.139 e. The van der Waals surface area contributed by atoms with Crippen LogP contribution in [-0.4, -0.2) is 15.5 Å². The Morgan fingerprint density at radius 1 is 1.26 bits per heavy atom. The smallest absolute Gasteiger partial charge is 0.139 e. The summed E-state index contributed by atoms with van der Waals surface area (Å²) in [6.07, 6.45) is 4.75. The largest absolute Gasteiger partial charge is 0.365 e. The molecule has 0 fully saturated rings. The molecule has 2 aromatic heterocycles. The topological polar surface area (TPSA) is 37.8 Å². The first-order valence-corrected chi connectivity index (χ1v) is 7.89. The highest BCUT2D eigenvalue weighted by molar-refractivity contribution is 7.19. The number of nitrogens with one attached hydrogen (secondary N) is 1. The summed E-state index contributed by atoms with van der Waals surface area (Å²) in [5, 5.41) is 4.91. The quantitative estimate of drug-likeness (QED) is 0.917. The van der Waals surface area contributed by atoms with Gasteiger partial charge in [0.25, 0.3) is 0 Å². The fraction of sp³-hybridized carbons (Fsp3) is 0.600. The van der Waals surface area contributed by atoms with Crippen molar-refractivity contribution in [3.05, 3.63) is 16.3 Å². The molecule has 0 radical (unpaired) electrons. The molecule has 2 aromatic rings. The standard InChI is InChI=1S/C15H21N3S/c1-5-15(3,4)18-13-12-10-7-6-8-11(10)19-14(12)17-9(2)16-13/h5-8H2,1-4H3,(H,16,17,18). The van der Waals surface area contributed by atoms with Gasteiger partial charge in [-0.2, -0.15) is 0 Å². The number of rotatable bonds is 3. The number of nitrogens with zero attached hydrogens (tertiary/aromatic N) is 2. The molecule has 0 saturated heterocycles. The van der Waals surface area contributed by atoms with Gasteiger partial charge in [-0.3, -0.25) is 0 Å². The maximum atomic E-state index is 4.67. The van der Waals surface area contributed by atoms with Crippen LogP contribution in [0.2, 0.25) is 0 Å². The molecule has 0 aromatic carbocycles. The van der Waals surface area contributed by atoms with Crippen molar-refractivity contribution < 1.29 is 0 Å². The molecule has 1 aliphatic rings. The molecule has 0 saturated carbocycles. The number of aryl methyl sites for hydroxylation is 3. The second-order valence-electron chi connectivity index (χ2n) is 6.02. The third kappa shape index (κ3) is 2.22. The van der Waals surface area contributed by atoms with E-state index in [9.17, 15) is 0 Å². The molecule has 102 valence electrons. The first-order valence-electron chi connectivity index (χ1n) is 7.07. The molecule has 0 atom stereocenters. The average Bonchev–Trinajstić information content (AvgIpc) is 2.87. The molecule has 1 N–H and O–H groups in total. The molecule has 3 nitrogen and oxygen atoms in total. The first-order chi connectivity index (χ1) is 9.00. The highest BCUT2D eigenvalue weighted by Gasteiger charge is 2.24. The summed E-state index contributed by atoms with van der Waals surface area (Å²) in [7, 11) is 0. The summed E-state index contributed by atoms with van der Waals surface area (Å²) in [5.74, 6) is 1.90. The van der Waals surface area contributed by atoms with Crippen molar-refractivity contribution in [3.8, 4) is 0 Å². The van der Waals surface area contributed by atoms with Gasteiger partial charge >= 0.3 is 0 Å². The lowest BCUT2D eigenvalue weighted by atomic mass is 10.0. The molecule has 19 heavy (non-hydrogen) atoms. The van der Waals surface area contributed by atoms with Crippen LogP contribution in [-0.2, 0) is 12.8 Å². The van der Waals surface area contributed by atoms with Gasteiger partial charge in [0.1, 0.15) is 16.5 Å². The van der Waals surface area contributed by atoms with Crippen molar-refractivity contribution >= 4 is 27.4 Å². The van der Waals surface area contributed by atoms with E-state index in [1.165, 1.54) is 35.1 Å². The van der Waals surface area contributed by atoms with Gasteiger partial charge in [-0.1, -0.05) is 6.92 Å². The first kappa shape index (κ1) is 12.9. The minimum atomic E-state index is 0.0706. The Kier molecular flexibility index (Phi) is 3.01. The van der Waals surface area contributed by atoms with Crippen LogP contribution in [0.5, 0.6) is 0 Å².